The van der Waals surface area contributed by atoms with Crippen LogP contribution in [0.25, 0.3) is 0 Å². The number of amides is 1. The molecule has 1 N–H and O–H groups in total. The number of rotatable bonds is 6. The first-order chi connectivity index (χ1) is 14.5. The fourth-order valence-corrected chi connectivity index (χ4v) is 6.78. The van der Waals surface area contributed by atoms with Crippen LogP contribution < -0.4 is 14.8 Å². The number of carbonyl (C=O) groups is 1. The monoisotopic (exact) mass is 469 g/mol. The number of hydrogen-bond donors (Lipinski definition) is 1. The van der Waals surface area contributed by atoms with Gasteiger partial charge in [0.15, 0.2) is 11.5 Å². The van der Waals surface area contributed by atoms with Crippen molar-refractivity contribution < 1.29 is 14.3 Å². The fourth-order valence-electron chi connectivity index (χ4n) is 6.34. The number of nitrogens with one attached hydrogen (secondary N) is 1. The summed E-state index contributed by atoms with van der Waals surface area (Å²) in [5.41, 5.74) is 1.54. The lowest BCUT2D eigenvalue weighted by Crippen LogP contribution is -2.59. The van der Waals surface area contributed by atoms with E-state index in [4.69, 9.17) is 9.47 Å². The molecule has 158 valence electrons. The minimum Gasteiger partial charge on any atom is -0.493 e. The van der Waals surface area contributed by atoms with Crippen LogP contribution in [0.1, 0.15) is 54.4 Å². The van der Waals surface area contributed by atoms with Crippen molar-refractivity contribution in [3.8, 4) is 11.5 Å². The zero-order valence-electron chi connectivity index (χ0n) is 17.3. The summed E-state index contributed by atoms with van der Waals surface area (Å²) in [5, 5.41) is 3.46. The lowest BCUT2D eigenvalue weighted by atomic mass is 9.53. The van der Waals surface area contributed by atoms with Gasteiger partial charge in [-0.1, -0.05) is 46.3 Å². The largest absolute Gasteiger partial charge is 0.493 e. The summed E-state index contributed by atoms with van der Waals surface area (Å²) < 4.78 is 12.5. The molecule has 4 fully saturated rings. The summed E-state index contributed by atoms with van der Waals surface area (Å²) in [6.45, 7) is 0.385. The van der Waals surface area contributed by atoms with Crippen LogP contribution in [-0.2, 0) is 6.61 Å². The van der Waals surface area contributed by atoms with Crippen molar-refractivity contribution >= 4 is 21.8 Å². The van der Waals surface area contributed by atoms with Crippen LogP contribution in [0.15, 0.2) is 46.9 Å². The van der Waals surface area contributed by atoms with E-state index in [-0.39, 0.29) is 11.4 Å². The van der Waals surface area contributed by atoms with E-state index >= 15 is 0 Å². The van der Waals surface area contributed by atoms with Crippen LogP contribution >= 0.6 is 15.9 Å². The Labute approximate surface area is 186 Å². The van der Waals surface area contributed by atoms with E-state index in [1.54, 1.807) is 7.11 Å². The topological polar surface area (TPSA) is 47.6 Å². The molecule has 0 heterocycles. The highest BCUT2D eigenvalue weighted by Crippen LogP contribution is 2.55. The molecular formula is C25H28BrNO3. The summed E-state index contributed by atoms with van der Waals surface area (Å²) in [6.07, 6.45) is 7.42. The summed E-state index contributed by atoms with van der Waals surface area (Å²) in [5.74, 6) is 3.36. The van der Waals surface area contributed by atoms with Gasteiger partial charge in [-0.05, 0) is 74.0 Å². The fraction of sp³-hybridized carbons (Fsp3) is 0.480. The standard InChI is InChI=1S/C25H28BrNO3/c1-29-22-11-20(26)10-21(23(22)30-15-16-5-3-2-4-6-16)24(28)27-25-12-17-7-18(13-25)9-19(8-17)14-25/h2-6,10-11,17-19H,7-9,12-15H2,1H3,(H,27,28). The highest BCUT2D eigenvalue weighted by Gasteiger charge is 2.51. The molecule has 4 aliphatic carbocycles. The van der Waals surface area contributed by atoms with Gasteiger partial charge in [-0.15, -0.1) is 0 Å². The number of benzene rings is 2. The third-order valence-corrected chi connectivity index (χ3v) is 7.58. The van der Waals surface area contributed by atoms with Crippen LogP contribution in [-0.4, -0.2) is 18.6 Å². The summed E-state index contributed by atoms with van der Waals surface area (Å²) in [4.78, 5) is 13.5. The molecule has 0 radical (unpaired) electrons. The van der Waals surface area contributed by atoms with Gasteiger partial charge in [0.25, 0.3) is 5.91 Å². The van der Waals surface area contributed by atoms with Gasteiger partial charge >= 0.3 is 0 Å². The SMILES string of the molecule is COc1cc(Br)cc(C(=O)NC23CC4CC(CC(C4)C2)C3)c1OCc1ccccc1. The molecule has 0 aromatic heterocycles. The molecule has 30 heavy (non-hydrogen) atoms. The van der Waals surface area contributed by atoms with Crippen molar-refractivity contribution in [1.82, 2.24) is 5.32 Å². The number of hydrogen-bond acceptors (Lipinski definition) is 3. The highest BCUT2D eigenvalue weighted by molar-refractivity contribution is 9.10. The van der Waals surface area contributed by atoms with E-state index in [1.165, 1.54) is 19.3 Å². The second-order valence-corrected chi connectivity index (χ2v) is 10.3. The van der Waals surface area contributed by atoms with Crippen molar-refractivity contribution in [3.05, 3.63) is 58.1 Å². The molecular weight excluding hydrogens is 442 g/mol. The van der Waals surface area contributed by atoms with Gasteiger partial charge in [0, 0.05) is 10.0 Å². The average molecular weight is 470 g/mol. The van der Waals surface area contributed by atoms with Crippen molar-refractivity contribution in [2.45, 2.75) is 50.7 Å². The molecule has 0 saturated heterocycles. The second kappa shape index (κ2) is 7.92. The van der Waals surface area contributed by atoms with Gasteiger partial charge < -0.3 is 14.8 Å². The first-order valence-corrected chi connectivity index (χ1v) is 11.7. The van der Waals surface area contributed by atoms with E-state index in [2.05, 4.69) is 21.2 Å². The van der Waals surface area contributed by atoms with E-state index < -0.39 is 0 Å². The van der Waals surface area contributed by atoms with E-state index in [0.29, 0.717) is 23.7 Å². The molecule has 5 heteroatoms. The molecule has 4 bridgehead atoms. The summed E-state index contributed by atoms with van der Waals surface area (Å²) >= 11 is 3.53. The lowest BCUT2D eigenvalue weighted by molar-refractivity contribution is -0.0167. The van der Waals surface area contributed by atoms with Gasteiger partial charge in [0.05, 0.1) is 12.7 Å². The van der Waals surface area contributed by atoms with E-state index in [0.717, 1.165) is 47.1 Å². The first kappa shape index (κ1) is 19.9. The maximum atomic E-state index is 13.5. The number of carbonyl (C=O) groups excluding carboxylic acids is 1. The van der Waals surface area contributed by atoms with E-state index in [9.17, 15) is 4.79 Å². The normalized spacial score (nSPS) is 28.9. The molecule has 4 aliphatic rings. The summed E-state index contributed by atoms with van der Waals surface area (Å²) in [7, 11) is 1.61. The van der Waals surface area contributed by atoms with Crippen LogP contribution in [0.3, 0.4) is 0 Å². The molecule has 4 saturated carbocycles. The lowest BCUT2D eigenvalue weighted by Gasteiger charge is -2.56. The smallest absolute Gasteiger partial charge is 0.255 e. The number of methoxy groups -OCH3 is 1. The Morgan fingerprint density at radius 3 is 2.30 bits per heavy atom. The molecule has 0 unspecified atom stereocenters. The van der Waals surface area contributed by atoms with Gasteiger partial charge in [-0.3, -0.25) is 4.79 Å². The highest BCUT2D eigenvalue weighted by atomic mass is 79.9. The molecule has 2 aromatic carbocycles. The second-order valence-electron chi connectivity index (χ2n) is 9.41. The Morgan fingerprint density at radius 2 is 1.70 bits per heavy atom. The van der Waals surface area contributed by atoms with Crippen LogP contribution in [0.4, 0.5) is 0 Å². The van der Waals surface area contributed by atoms with Crippen molar-refractivity contribution in [2.24, 2.45) is 17.8 Å². The molecule has 6 rings (SSSR count). The van der Waals surface area contributed by atoms with Crippen molar-refractivity contribution in [3.63, 3.8) is 0 Å². The van der Waals surface area contributed by atoms with Crippen LogP contribution in [0, 0.1) is 17.8 Å². The van der Waals surface area contributed by atoms with Gasteiger partial charge in [0.1, 0.15) is 6.61 Å². The predicted octanol–water partition coefficient (Wildman–Crippen LogP) is 5.74. The Morgan fingerprint density at radius 1 is 1.07 bits per heavy atom. The zero-order chi connectivity index (χ0) is 20.7. The molecule has 0 atom stereocenters. The van der Waals surface area contributed by atoms with Crippen molar-refractivity contribution in [2.75, 3.05) is 7.11 Å². The van der Waals surface area contributed by atoms with Gasteiger partial charge in [-0.25, -0.2) is 0 Å². The zero-order valence-corrected chi connectivity index (χ0v) is 18.9. The molecule has 1 amide bonds. The Balaban J connectivity index is 1.41. The summed E-state index contributed by atoms with van der Waals surface area (Å²) in [6, 6.07) is 13.7. The maximum absolute atomic E-state index is 13.5. The quantitative estimate of drug-likeness (QED) is 0.586. The Hall–Kier alpha value is -2.01. The van der Waals surface area contributed by atoms with Crippen LogP contribution in [0.5, 0.6) is 11.5 Å². The third-order valence-electron chi connectivity index (χ3n) is 7.13. The predicted molar refractivity (Wildman–Crippen MR) is 120 cm³/mol. The minimum absolute atomic E-state index is 0.0436. The maximum Gasteiger partial charge on any atom is 0.255 e. The van der Waals surface area contributed by atoms with Crippen molar-refractivity contribution in [1.29, 1.82) is 0 Å². The van der Waals surface area contributed by atoms with E-state index in [1.807, 2.05) is 42.5 Å². The number of halogens is 1. The van der Waals surface area contributed by atoms with Gasteiger partial charge in [-0.2, -0.15) is 0 Å². The average Bonchev–Trinajstić information content (AvgIpc) is 2.71. The molecule has 4 nitrogen and oxygen atoms in total. The van der Waals surface area contributed by atoms with Crippen LogP contribution in [0.2, 0.25) is 0 Å². The third kappa shape index (κ3) is 3.84. The Kier molecular flexibility index (Phi) is 5.26. The minimum atomic E-state index is -0.0559. The first-order valence-electron chi connectivity index (χ1n) is 10.9. The molecule has 0 spiro atoms. The van der Waals surface area contributed by atoms with Gasteiger partial charge in [0.2, 0.25) is 0 Å². The number of ether oxygens (including phenoxy) is 2. The molecule has 0 aliphatic heterocycles. The Bertz CT molecular complexity index is 908. The molecule has 2 aromatic rings.